The molecule has 4 aromatic carbocycles. The van der Waals surface area contributed by atoms with E-state index >= 15 is 22.4 Å². The summed E-state index contributed by atoms with van der Waals surface area (Å²) in [5.74, 6) is -4.68. The number of benzene rings is 4. The van der Waals surface area contributed by atoms with E-state index in [2.05, 4.69) is 16.9 Å². The Hall–Kier alpha value is -8.69. The zero-order valence-electron chi connectivity index (χ0n) is 54.9. The summed E-state index contributed by atoms with van der Waals surface area (Å²) < 4.78 is 79.5. The van der Waals surface area contributed by atoms with E-state index in [1.54, 1.807) is 57.2 Å². The maximum atomic E-state index is 17.7. The number of piperidine rings is 1. The summed E-state index contributed by atoms with van der Waals surface area (Å²) in [5.41, 5.74) is 0.726. The van der Waals surface area contributed by atoms with Crippen molar-refractivity contribution >= 4 is 85.7 Å². The van der Waals surface area contributed by atoms with Crippen LogP contribution in [0.15, 0.2) is 82.6 Å². The number of piperazine rings is 1. The highest BCUT2D eigenvalue weighted by Gasteiger charge is 2.48. The van der Waals surface area contributed by atoms with Gasteiger partial charge in [0.25, 0.3) is 17.0 Å². The molecule has 2 saturated heterocycles. The molecule has 0 aliphatic carbocycles. The fourth-order valence-electron chi connectivity index (χ4n) is 13.9. The molecule has 4 aliphatic heterocycles. The van der Waals surface area contributed by atoms with Crippen LogP contribution in [0.4, 0.5) is 45.1 Å². The maximum Gasteiger partial charge on any atom is 0.410 e. The number of ether oxygens (including phenoxy) is 2. The number of amides is 3. The van der Waals surface area contributed by atoms with Crippen LogP contribution in [0.1, 0.15) is 123 Å². The van der Waals surface area contributed by atoms with Gasteiger partial charge in [-0.3, -0.25) is 38.3 Å². The lowest BCUT2D eigenvalue weighted by molar-refractivity contribution is -0.121. The van der Waals surface area contributed by atoms with Crippen LogP contribution in [0.25, 0.3) is 55.4 Å². The Labute approximate surface area is 552 Å². The van der Waals surface area contributed by atoms with Crippen molar-refractivity contribution in [3.05, 3.63) is 150 Å². The third-order valence-corrected chi connectivity index (χ3v) is 18.9. The number of phenolic OH excluding ortho intramolecular Hbond substituents is 1. The van der Waals surface area contributed by atoms with Crippen LogP contribution < -0.4 is 35.5 Å². The zero-order chi connectivity index (χ0) is 68.2. The van der Waals surface area contributed by atoms with Crippen LogP contribution >= 0.6 is 23.2 Å². The van der Waals surface area contributed by atoms with E-state index in [0.29, 0.717) is 59.6 Å². The number of aryl methyl sites for hydroxylation is 2. The van der Waals surface area contributed by atoms with E-state index in [1.165, 1.54) is 80.5 Å². The molecule has 0 saturated carbocycles. The summed E-state index contributed by atoms with van der Waals surface area (Å²) in [4.78, 5) is 88.1. The zero-order valence-corrected chi connectivity index (χ0v) is 56.5. The second-order valence-corrected chi connectivity index (χ2v) is 27.0. The van der Waals surface area contributed by atoms with Crippen LogP contribution in [0, 0.1) is 29.2 Å². The van der Waals surface area contributed by atoms with Gasteiger partial charge >= 0.3 is 6.09 Å². The minimum atomic E-state index is -0.954. The molecular formula is C71H75Cl2F4N9O8. The number of aromatic hydroxyl groups is 1. The van der Waals surface area contributed by atoms with Gasteiger partial charge < -0.3 is 39.1 Å². The van der Waals surface area contributed by atoms with Crippen LogP contribution in [0.2, 0.25) is 10.0 Å². The van der Waals surface area contributed by atoms with Crippen molar-refractivity contribution in [1.82, 2.24) is 24.0 Å². The molecule has 17 nitrogen and oxygen atoms in total. The number of aromatic nitrogens is 4. The summed E-state index contributed by atoms with van der Waals surface area (Å²) in [6.07, 6.45) is 5.16. The van der Waals surface area contributed by atoms with E-state index in [0.717, 1.165) is 23.6 Å². The van der Waals surface area contributed by atoms with Gasteiger partial charge in [0.15, 0.2) is 11.6 Å². The van der Waals surface area contributed by atoms with Crippen molar-refractivity contribution in [2.75, 3.05) is 60.4 Å². The van der Waals surface area contributed by atoms with Crippen molar-refractivity contribution in [2.45, 2.75) is 137 Å². The molecule has 0 bridgehead atoms. The standard InChI is InChI=1S/C38H42ClF2N5O5.C33H33ClF2N4O3/c1-10-21-14-15-42-30(19(2)3)31(21)46-32-22(16-23(39)27(29(32)41)28-24(40)12-11-13-26(28)50-9)33-34(36(46)48)43(8)35(47)25-18-44(20(4)17-45(25)33)37(49)51-38(5,6)7;1-6-18-12-13-37-27(16(2)3)28(18)40-29-19(14-20(34)24(26(29)36)25-21(35)8-7-9-23(25)41)30-31(33(40)43)38(5)32(42)22-11-10-17(4)15-39(22)30/h11-16,19-20,25H,10,17-18H2,1-9H3;7-9,12-14,16-17,22,41H,6,10-11,15H2,1-5H3/t20-,25-;17-,22+/m10/s1. The fraction of sp³-hybridized carbons (Fsp3) is 0.394. The van der Waals surface area contributed by atoms with Gasteiger partial charge in [0.1, 0.15) is 52.2 Å². The topological polar surface area (TPSA) is 176 Å². The van der Waals surface area contributed by atoms with Crippen molar-refractivity contribution in [2.24, 2.45) is 5.92 Å². The van der Waals surface area contributed by atoms with Crippen LogP contribution in [0.5, 0.6) is 11.5 Å². The second kappa shape index (κ2) is 25.2. The SMILES string of the molecule is CCc1ccnc(C(C)C)c1-n1c(=O)c2c(c3cc(Cl)c(-c4c(F)cccc4OC)c(F)c31)N1C[C@@H](C)N(C(=O)OC(C)(C)C)C[C@@H]1C(=O)N2C.CCc1ccnc(C(C)C)c1-n1c(=O)c2c(c3cc(Cl)c(-c4c(O)cccc4F)c(F)c31)N1C[C@@H](C)CC[C@@H]1C(=O)N2C. The quantitative estimate of drug-likeness (QED) is 0.136. The number of hydrogen-bond donors (Lipinski definition) is 1. The van der Waals surface area contributed by atoms with E-state index < -0.39 is 81.4 Å². The lowest BCUT2D eigenvalue weighted by Gasteiger charge is -2.50. The van der Waals surface area contributed by atoms with Gasteiger partial charge in [0.05, 0.1) is 80.0 Å². The summed E-state index contributed by atoms with van der Waals surface area (Å²) in [7, 11) is 4.42. The first-order valence-electron chi connectivity index (χ1n) is 31.6. The van der Waals surface area contributed by atoms with E-state index in [-0.39, 0.29) is 103 Å². The molecule has 4 aliphatic rings. The smallest absolute Gasteiger partial charge is 0.410 e. The Morgan fingerprint density at radius 3 is 1.57 bits per heavy atom. The largest absolute Gasteiger partial charge is 0.507 e. The number of anilines is 4. The number of methoxy groups -OCH3 is 1. The number of fused-ring (bicyclic) bond motifs is 10. The molecule has 4 atom stereocenters. The molecular weight excluding hydrogens is 1250 g/mol. The Balaban J connectivity index is 0.000000194. The molecule has 2 fully saturated rings. The highest BCUT2D eigenvalue weighted by molar-refractivity contribution is 6.35. The average molecular weight is 1330 g/mol. The Morgan fingerprint density at radius 2 is 1.11 bits per heavy atom. The first kappa shape index (κ1) is 66.8. The van der Waals surface area contributed by atoms with Crippen molar-refractivity contribution < 1.29 is 46.5 Å². The van der Waals surface area contributed by atoms with Crippen molar-refractivity contribution in [1.29, 1.82) is 0 Å². The number of carbonyl (C=O) groups excluding carboxylic acids is 3. The molecule has 0 radical (unpaired) electrons. The number of rotatable bonds is 9. The first-order valence-corrected chi connectivity index (χ1v) is 32.3. The molecule has 0 spiro atoms. The molecule has 3 amide bonds. The number of likely N-dealkylation sites (N-methyl/N-ethyl adjacent to an activating group) is 2. The predicted octanol–water partition coefficient (Wildman–Crippen LogP) is 14.4. The van der Waals surface area contributed by atoms with Crippen molar-refractivity contribution in [3.63, 3.8) is 0 Å². The number of halogens is 6. The number of pyridine rings is 4. The Morgan fingerprint density at radius 1 is 0.638 bits per heavy atom. The normalized spacial score (nSPS) is 18.0. The maximum absolute atomic E-state index is 17.7. The van der Waals surface area contributed by atoms with Gasteiger partial charge in [-0.05, 0) is 131 Å². The van der Waals surface area contributed by atoms with Crippen LogP contribution in [-0.4, -0.2) is 112 Å². The average Bonchev–Trinajstić information content (AvgIpc) is 0.707. The lowest BCUT2D eigenvalue weighted by atomic mass is 9.89. The summed E-state index contributed by atoms with van der Waals surface area (Å²) in [6.45, 7) is 21.3. The Kier molecular flexibility index (Phi) is 17.9. The molecule has 4 aromatic heterocycles. The molecule has 0 unspecified atom stereocenters. The number of hydrogen-bond acceptors (Lipinski definition) is 12. The van der Waals surface area contributed by atoms with Gasteiger partial charge in [-0.25, -0.2) is 22.4 Å². The fourth-order valence-corrected chi connectivity index (χ4v) is 14.5. The monoisotopic (exact) mass is 1330 g/mol. The highest BCUT2D eigenvalue weighted by Crippen LogP contribution is 2.51. The van der Waals surface area contributed by atoms with Gasteiger partial charge in [-0.2, -0.15) is 0 Å². The summed E-state index contributed by atoms with van der Waals surface area (Å²) in [5, 5.41) is 10.9. The minimum absolute atomic E-state index is 0.0222. The van der Waals surface area contributed by atoms with Crippen LogP contribution in [-0.2, 0) is 27.2 Å². The van der Waals surface area contributed by atoms with Gasteiger partial charge in [-0.15, -0.1) is 0 Å². The van der Waals surface area contributed by atoms with Gasteiger partial charge in [0, 0.05) is 67.5 Å². The number of carbonyl (C=O) groups is 3. The van der Waals surface area contributed by atoms with E-state index in [9.17, 15) is 24.3 Å². The third kappa shape index (κ3) is 10.9. The van der Waals surface area contributed by atoms with Crippen LogP contribution in [0.3, 0.4) is 0 Å². The summed E-state index contributed by atoms with van der Waals surface area (Å²) >= 11 is 13.7. The third-order valence-electron chi connectivity index (χ3n) is 18.3. The molecule has 94 heavy (non-hydrogen) atoms. The van der Waals surface area contributed by atoms with E-state index in [4.69, 9.17) is 32.7 Å². The number of nitrogens with zero attached hydrogens (tertiary/aromatic N) is 9. The molecule has 494 valence electrons. The van der Waals surface area contributed by atoms with Crippen molar-refractivity contribution in [3.8, 4) is 45.1 Å². The van der Waals surface area contributed by atoms with Gasteiger partial charge in [0.2, 0.25) is 5.91 Å². The minimum Gasteiger partial charge on any atom is -0.507 e. The first-order chi connectivity index (χ1) is 44.5. The highest BCUT2D eigenvalue weighted by atomic mass is 35.5. The van der Waals surface area contributed by atoms with E-state index in [1.807, 2.05) is 53.4 Å². The Bertz CT molecular complexity index is 4570. The second-order valence-electron chi connectivity index (χ2n) is 26.2. The molecule has 12 rings (SSSR count). The summed E-state index contributed by atoms with van der Waals surface area (Å²) in [6, 6.07) is 12.5. The molecule has 23 heteroatoms. The predicted molar refractivity (Wildman–Crippen MR) is 360 cm³/mol. The van der Waals surface area contributed by atoms with Gasteiger partial charge in [-0.1, -0.05) is 83.8 Å². The lowest BCUT2D eigenvalue weighted by Crippen LogP contribution is -2.66. The molecule has 8 aromatic rings. The number of phenols is 1. The molecule has 8 heterocycles. The molecule has 1 N–H and O–H groups in total.